The van der Waals surface area contributed by atoms with Gasteiger partial charge in [0.25, 0.3) is 0 Å². The van der Waals surface area contributed by atoms with Crippen molar-refractivity contribution in [2.24, 2.45) is 0 Å². The Hall–Kier alpha value is -7.11. The predicted octanol–water partition coefficient (Wildman–Crippen LogP) is 12.6. The lowest BCUT2D eigenvalue weighted by atomic mass is 9.97. The molecule has 52 heavy (non-hydrogen) atoms. The molecule has 5 heteroatoms. The maximum absolute atomic E-state index is 6.51. The van der Waals surface area contributed by atoms with E-state index in [0.29, 0.717) is 17.5 Å². The van der Waals surface area contributed by atoms with Gasteiger partial charge in [-0.25, -0.2) is 15.0 Å². The molecule has 0 unspecified atom stereocenters. The van der Waals surface area contributed by atoms with E-state index in [0.717, 1.165) is 87.9 Å². The molecule has 0 fully saturated rings. The standard InChI is InChI=1S/C47H27N3O2/c1-3-9-28(10-4-1)45-48-46(29-11-5-2-6-12-29)50-47(49-45)34-18-20-35-32(23-34)15-16-33-26-44-40(27-38(33)35)37-21-17-31(25-43(37)52-44)30-19-22-42-39(24-30)36-13-7-8-14-41(36)51-42/h1-27H. The molecular weight excluding hydrogens is 639 g/mol. The second-order valence-corrected chi connectivity index (χ2v) is 13.2. The van der Waals surface area contributed by atoms with Crippen molar-refractivity contribution in [1.82, 2.24) is 15.0 Å². The zero-order valence-corrected chi connectivity index (χ0v) is 27.7. The Kier molecular flexibility index (Phi) is 6.18. The van der Waals surface area contributed by atoms with Crippen LogP contribution < -0.4 is 0 Å². The first-order valence-electron chi connectivity index (χ1n) is 17.3. The van der Waals surface area contributed by atoms with E-state index in [1.165, 1.54) is 5.39 Å². The van der Waals surface area contributed by atoms with E-state index in [-0.39, 0.29) is 0 Å². The lowest BCUT2D eigenvalue weighted by molar-refractivity contribution is 0.669. The number of fused-ring (bicyclic) bond motifs is 9. The van der Waals surface area contributed by atoms with Gasteiger partial charge in [-0.1, -0.05) is 115 Å². The van der Waals surface area contributed by atoms with Gasteiger partial charge in [-0.15, -0.1) is 0 Å². The normalized spacial score (nSPS) is 11.8. The average Bonchev–Trinajstić information content (AvgIpc) is 3.77. The predicted molar refractivity (Wildman–Crippen MR) is 211 cm³/mol. The summed E-state index contributed by atoms with van der Waals surface area (Å²) in [6, 6.07) is 56.5. The van der Waals surface area contributed by atoms with Gasteiger partial charge in [0.05, 0.1) is 0 Å². The van der Waals surface area contributed by atoms with Gasteiger partial charge in [-0.2, -0.15) is 0 Å². The smallest absolute Gasteiger partial charge is 0.164 e. The highest BCUT2D eigenvalue weighted by Gasteiger charge is 2.16. The Balaban J connectivity index is 1.01. The lowest BCUT2D eigenvalue weighted by Crippen LogP contribution is -2.00. The van der Waals surface area contributed by atoms with Crippen LogP contribution in [-0.2, 0) is 0 Å². The van der Waals surface area contributed by atoms with E-state index < -0.39 is 0 Å². The first kappa shape index (κ1) is 28.7. The van der Waals surface area contributed by atoms with Crippen molar-refractivity contribution in [3.63, 3.8) is 0 Å². The summed E-state index contributed by atoms with van der Waals surface area (Å²) in [6.45, 7) is 0. The van der Waals surface area contributed by atoms with Crippen LogP contribution in [0.5, 0.6) is 0 Å². The summed E-state index contributed by atoms with van der Waals surface area (Å²) >= 11 is 0. The molecule has 0 N–H and O–H groups in total. The minimum absolute atomic E-state index is 0.641. The first-order chi connectivity index (χ1) is 25.7. The third-order valence-electron chi connectivity index (χ3n) is 10.1. The minimum Gasteiger partial charge on any atom is -0.456 e. The van der Waals surface area contributed by atoms with Crippen LogP contribution in [0.4, 0.5) is 0 Å². The zero-order valence-electron chi connectivity index (χ0n) is 27.7. The van der Waals surface area contributed by atoms with Gasteiger partial charge in [0.1, 0.15) is 22.3 Å². The second-order valence-electron chi connectivity index (χ2n) is 13.2. The van der Waals surface area contributed by atoms with Gasteiger partial charge in [0.15, 0.2) is 17.5 Å². The molecular formula is C47H27N3O2. The number of hydrogen-bond donors (Lipinski definition) is 0. The molecule has 5 nitrogen and oxygen atoms in total. The molecule has 11 rings (SSSR count). The Bertz CT molecular complexity index is 3120. The molecule has 0 bridgehead atoms. The Morgan fingerprint density at radius 2 is 0.788 bits per heavy atom. The summed E-state index contributed by atoms with van der Waals surface area (Å²) in [7, 11) is 0. The number of hydrogen-bond acceptors (Lipinski definition) is 5. The van der Waals surface area contributed by atoms with E-state index >= 15 is 0 Å². The number of furan rings is 2. The number of nitrogens with zero attached hydrogens (tertiary/aromatic N) is 3. The molecule has 0 amide bonds. The van der Waals surface area contributed by atoms with Crippen molar-refractivity contribution in [3.8, 4) is 45.3 Å². The van der Waals surface area contributed by atoms with Crippen molar-refractivity contribution >= 4 is 65.4 Å². The van der Waals surface area contributed by atoms with Crippen LogP contribution >= 0.6 is 0 Å². The number of rotatable bonds is 4. The Morgan fingerprint density at radius 3 is 1.56 bits per heavy atom. The molecule has 3 aromatic heterocycles. The van der Waals surface area contributed by atoms with Gasteiger partial charge in [-0.3, -0.25) is 0 Å². The minimum atomic E-state index is 0.641. The third-order valence-corrected chi connectivity index (χ3v) is 10.1. The monoisotopic (exact) mass is 665 g/mol. The fourth-order valence-electron chi connectivity index (χ4n) is 7.50. The van der Waals surface area contributed by atoms with E-state index in [4.69, 9.17) is 23.8 Å². The molecule has 3 heterocycles. The van der Waals surface area contributed by atoms with Crippen molar-refractivity contribution in [2.75, 3.05) is 0 Å². The van der Waals surface area contributed by atoms with E-state index in [9.17, 15) is 0 Å². The lowest BCUT2D eigenvalue weighted by Gasteiger charge is -2.10. The van der Waals surface area contributed by atoms with E-state index in [1.807, 2.05) is 72.8 Å². The molecule has 0 radical (unpaired) electrons. The van der Waals surface area contributed by atoms with Gasteiger partial charge < -0.3 is 8.83 Å². The summed E-state index contributed by atoms with van der Waals surface area (Å²) in [5, 5.41) is 9.00. The third kappa shape index (κ3) is 4.60. The average molecular weight is 666 g/mol. The van der Waals surface area contributed by atoms with Crippen LogP contribution in [0.25, 0.3) is 111 Å². The molecule has 0 spiro atoms. The quantitative estimate of drug-likeness (QED) is 0.175. The first-order valence-corrected chi connectivity index (χ1v) is 17.3. The zero-order chi connectivity index (χ0) is 34.2. The Morgan fingerprint density at radius 1 is 0.269 bits per heavy atom. The summed E-state index contributed by atoms with van der Waals surface area (Å²) in [4.78, 5) is 14.8. The van der Waals surface area contributed by atoms with Crippen LogP contribution in [0.15, 0.2) is 173 Å². The van der Waals surface area contributed by atoms with Crippen LogP contribution in [0, 0.1) is 0 Å². The molecule has 11 aromatic rings. The fourth-order valence-corrected chi connectivity index (χ4v) is 7.50. The van der Waals surface area contributed by atoms with Crippen molar-refractivity contribution in [2.45, 2.75) is 0 Å². The summed E-state index contributed by atoms with van der Waals surface area (Å²) in [5.41, 5.74) is 8.60. The molecule has 0 aliphatic carbocycles. The molecule has 0 saturated carbocycles. The molecule has 0 atom stereocenters. The Labute approximate surface area is 297 Å². The van der Waals surface area contributed by atoms with Crippen molar-refractivity contribution in [1.29, 1.82) is 0 Å². The topological polar surface area (TPSA) is 65.0 Å². The summed E-state index contributed by atoms with van der Waals surface area (Å²) in [5.74, 6) is 1.94. The van der Waals surface area contributed by atoms with Crippen molar-refractivity contribution in [3.05, 3.63) is 164 Å². The maximum Gasteiger partial charge on any atom is 0.164 e. The van der Waals surface area contributed by atoms with Crippen LogP contribution in [-0.4, -0.2) is 15.0 Å². The highest BCUT2D eigenvalue weighted by Crippen LogP contribution is 2.39. The number of benzene rings is 8. The fraction of sp³-hybridized carbons (Fsp3) is 0. The van der Waals surface area contributed by atoms with Crippen LogP contribution in [0.1, 0.15) is 0 Å². The molecule has 8 aromatic carbocycles. The number of para-hydroxylation sites is 1. The van der Waals surface area contributed by atoms with Crippen LogP contribution in [0.2, 0.25) is 0 Å². The molecule has 0 aliphatic rings. The van der Waals surface area contributed by atoms with Gasteiger partial charge >= 0.3 is 0 Å². The van der Waals surface area contributed by atoms with Crippen molar-refractivity contribution < 1.29 is 8.83 Å². The van der Waals surface area contributed by atoms with Gasteiger partial charge in [-0.05, 0) is 81.2 Å². The summed E-state index contributed by atoms with van der Waals surface area (Å²) in [6.07, 6.45) is 0. The highest BCUT2D eigenvalue weighted by atomic mass is 16.3. The summed E-state index contributed by atoms with van der Waals surface area (Å²) < 4.78 is 12.6. The second kappa shape index (κ2) is 11.2. The number of aromatic nitrogens is 3. The molecule has 242 valence electrons. The molecule has 0 aliphatic heterocycles. The SMILES string of the molecule is c1ccc(-c2nc(-c3ccccc3)nc(-c3ccc4c(ccc5cc6oc7cc(-c8ccc9oc%10ccccc%10c9c8)ccc7c6cc54)c3)n2)cc1. The maximum atomic E-state index is 6.51. The van der Waals surface area contributed by atoms with Crippen LogP contribution in [0.3, 0.4) is 0 Å². The van der Waals surface area contributed by atoms with E-state index in [2.05, 4.69) is 91.0 Å². The van der Waals surface area contributed by atoms with E-state index in [1.54, 1.807) is 0 Å². The van der Waals surface area contributed by atoms with Gasteiger partial charge in [0.2, 0.25) is 0 Å². The largest absolute Gasteiger partial charge is 0.456 e. The highest BCUT2D eigenvalue weighted by molar-refractivity contribution is 6.17. The van der Waals surface area contributed by atoms with Gasteiger partial charge in [0, 0.05) is 38.2 Å². The molecule has 0 saturated heterocycles.